The van der Waals surface area contributed by atoms with Gasteiger partial charge in [0.1, 0.15) is 11.8 Å². The highest BCUT2D eigenvalue weighted by Crippen LogP contribution is 2.44. The van der Waals surface area contributed by atoms with Gasteiger partial charge in [-0.05, 0) is 60.8 Å². The van der Waals surface area contributed by atoms with Crippen molar-refractivity contribution in [3.63, 3.8) is 0 Å². The van der Waals surface area contributed by atoms with Crippen LogP contribution in [0, 0.1) is 22.2 Å². The monoisotopic (exact) mass is 700 g/mol. The van der Waals surface area contributed by atoms with Crippen LogP contribution in [0.25, 0.3) is 11.1 Å². The Labute approximate surface area is 307 Å². The summed E-state index contributed by atoms with van der Waals surface area (Å²) in [5.74, 6) is 0.120. The molecule has 0 atom stereocenters. The number of Topliss-reactive ketones (excluding diaryl/α,β-unsaturated/α-hetero) is 1. The Morgan fingerprint density at radius 2 is 1.42 bits per heavy atom. The number of nitrogens with zero attached hydrogens (tertiary/aromatic N) is 1. The van der Waals surface area contributed by atoms with Gasteiger partial charge in [0, 0.05) is 35.6 Å². The van der Waals surface area contributed by atoms with E-state index in [-0.39, 0.29) is 23.5 Å². The van der Waals surface area contributed by atoms with Gasteiger partial charge in [0.25, 0.3) is 0 Å². The van der Waals surface area contributed by atoms with Gasteiger partial charge < -0.3 is 14.3 Å². The van der Waals surface area contributed by atoms with E-state index in [2.05, 4.69) is 82.2 Å². The number of aldehydes is 1. The van der Waals surface area contributed by atoms with E-state index in [0.29, 0.717) is 35.3 Å². The molecule has 0 bridgehead atoms. The zero-order chi connectivity index (χ0) is 38.9. The molecule has 0 saturated heterocycles. The molecule has 0 aromatic carbocycles. The molecule has 0 radical (unpaired) electrons. The van der Waals surface area contributed by atoms with Gasteiger partial charge in [0.05, 0.1) is 5.41 Å². The summed E-state index contributed by atoms with van der Waals surface area (Å²) in [7, 11) is 0. The largest absolute Gasteiger partial charge is 0.481 e. The minimum Gasteiger partial charge on any atom is -0.481 e. The van der Waals surface area contributed by atoms with Crippen molar-refractivity contribution in [2.24, 2.45) is 22.2 Å². The molecule has 6 nitrogen and oxygen atoms in total. The highest BCUT2D eigenvalue weighted by atomic mass is 16.4. The van der Waals surface area contributed by atoms with E-state index < -0.39 is 11.4 Å². The molecule has 0 spiro atoms. The molecule has 6 heteroatoms. The number of ketones is 1. The van der Waals surface area contributed by atoms with Crippen molar-refractivity contribution < 1.29 is 23.9 Å². The quantitative estimate of drug-likeness (QED) is 0.228. The van der Waals surface area contributed by atoms with E-state index in [1.54, 1.807) is 0 Å². The van der Waals surface area contributed by atoms with Gasteiger partial charge in [-0.15, -0.1) is 0 Å². The summed E-state index contributed by atoms with van der Waals surface area (Å²) in [5, 5.41) is 8.96. The number of fused-ring (bicyclic) bond motifs is 1. The average molecular weight is 700 g/mol. The van der Waals surface area contributed by atoms with E-state index in [9.17, 15) is 14.4 Å². The normalized spacial score (nSPS) is 17.0. The lowest BCUT2D eigenvalue weighted by atomic mass is 9.72. The first-order chi connectivity index (χ1) is 23.2. The molecule has 1 N–H and O–H groups in total. The smallest absolute Gasteiger partial charge is 0.310 e. The number of rotatable bonds is 7. The van der Waals surface area contributed by atoms with Gasteiger partial charge in [-0.25, -0.2) is 4.98 Å². The summed E-state index contributed by atoms with van der Waals surface area (Å²) < 4.78 is 6.01. The number of hydrogen-bond acceptors (Lipinski definition) is 5. The van der Waals surface area contributed by atoms with Crippen LogP contribution in [0.15, 0.2) is 16.5 Å². The molecule has 288 valence electrons. The molecule has 2 heterocycles. The fraction of sp³-hybridized carbons (Fsp3) is 0.773. The Hall–Kier alpha value is -2.50. The minimum absolute atomic E-state index is 0.0452. The highest BCUT2D eigenvalue weighted by Gasteiger charge is 2.39. The molecule has 2 aliphatic carbocycles. The standard InChI is InChI=1S/C23H33NO2.C9H14O3.C6H14.C4H10.C2H6/c1-14(2)20(25)19-13-18-21(26-19)16(22(3,4)5)12-17(24-18)15-8-10-23(6,7)11-9-15;10-7-6-9(8(11)12)4-2-1-3-5-9;1-5-6(2,3)4;1-3-4-2;1-2/h12-15H,8-11H2,1-7H3;7H,1-6H2,(H,11,12);5H2,1-4H3;3-4H2,1-2H3;1-2H3. The van der Waals surface area contributed by atoms with Crippen LogP contribution in [0.5, 0.6) is 0 Å². The third kappa shape index (κ3) is 15.8. The Kier molecular flexibility index (Phi) is 20.7. The predicted octanol–water partition coefficient (Wildman–Crippen LogP) is 13.5. The SMILES string of the molecule is CC.CC(C)C(=O)c1cc2nc(C3CCC(C)(C)CC3)cc(C(C)(C)C)c2o1.CCC(C)(C)C.CCCC.O=CCC1(C(=O)O)CCCCC1. The van der Waals surface area contributed by atoms with Crippen molar-refractivity contribution in [2.45, 2.75) is 199 Å². The van der Waals surface area contributed by atoms with Crippen molar-refractivity contribution in [3.8, 4) is 0 Å². The first-order valence-corrected chi connectivity index (χ1v) is 19.8. The number of carbonyl (C=O) groups excluding carboxylic acids is 2. The maximum absolute atomic E-state index is 12.4. The van der Waals surface area contributed by atoms with Crippen molar-refractivity contribution in [3.05, 3.63) is 29.2 Å². The lowest BCUT2D eigenvalue weighted by Crippen LogP contribution is -2.33. The summed E-state index contributed by atoms with van der Waals surface area (Å²) in [6, 6.07) is 4.08. The van der Waals surface area contributed by atoms with E-state index in [1.807, 2.05) is 33.8 Å². The minimum atomic E-state index is -0.797. The second-order valence-electron chi connectivity index (χ2n) is 17.6. The van der Waals surface area contributed by atoms with Gasteiger partial charge in [-0.3, -0.25) is 9.59 Å². The second kappa shape index (κ2) is 21.8. The number of pyridine rings is 1. The third-order valence-electron chi connectivity index (χ3n) is 10.1. The Bertz CT molecular complexity index is 1270. The number of furan rings is 1. The van der Waals surface area contributed by atoms with Crippen molar-refractivity contribution in [2.75, 3.05) is 0 Å². The fourth-order valence-electron chi connectivity index (χ4n) is 5.80. The highest BCUT2D eigenvalue weighted by molar-refractivity contribution is 5.98. The van der Waals surface area contributed by atoms with Crippen molar-refractivity contribution in [1.82, 2.24) is 4.98 Å². The van der Waals surface area contributed by atoms with Crippen molar-refractivity contribution >= 4 is 29.1 Å². The van der Waals surface area contributed by atoms with Crippen LogP contribution < -0.4 is 0 Å². The van der Waals surface area contributed by atoms with Gasteiger partial charge in [-0.2, -0.15) is 0 Å². The number of carbonyl (C=O) groups is 3. The molecule has 0 amide bonds. The molecule has 0 aliphatic heterocycles. The number of carboxylic acids is 1. The summed E-state index contributed by atoms with van der Waals surface area (Å²) in [6.45, 7) is 32.4. The number of aliphatic carboxylic acids is 1. The molecule has 2 fully saturated rings. The number of aromatic nitrogens is 1. The van der Waals surface area contributed by atoms with Crippen molar-refractivity contribution in [1.29, 1.82) is 0 Å². The summed E-state index contributed by atoms with van der Waals surface area (Å²) >= 11 is 0. The van der Waals surface area contributed by atoms with Gasteiger partial charge in [0.2, 0.25) is 5.78 Å². The molecule has 2 aliphatic rings. The number of carboxylic acid groups (broad SMARTS) is 1. The first-order valence-electron chi connectivity index (χ1n) is 19.8. The van der Waals surface area contributed by atoms with Crippen LogP contribution in [-0.4, -0.2) is 28.1 Å². The maximum atomic E-state index is 12.4. The summed E-state index contributed by atoms with van der Waals surface area (Å²) in [4.78, 5) is 38.6. The van der Waals surface area contributed by atoms with E-state index in [4.69, 9.17) is 14.5 Å². The van der Waals surface area contributed by atoms with Crippen LogP contribution >= 0.6 is 0 Å². The van der Waals surface area contributed by atoms with Crippen LogP contribution in [0.4, 0.5) is 0 Å². The lowest BCUT2D eigenvalue weighted by molar-refractivity contribution is -0.152. The molecule has 0 unspecified atom stereocenters. The molecule has 2 saturated carbocycles. The van der Waals surface area contributed by atoms with Crippen LogP contribution in [0.3, 0.4) is 0 Å². The summed E-state index contributed by atoms with van der Waals surface area (Å²) in [5.41, 5.74) is 4.15. The zero-order valence-corrected chi connectivity index (χ0v) is 35.1. The third-order valence-corrected chi connectivity index (χ3v) is 10.1. The van der Waals surface area contributed by atoms with Crippen LogP contribution in [0.1, 0.15) is 215 Å². The molecular formula is C44H77NO5. The topological polar surface area (TPSA) is 97.5 Å². The lowest BCUT2D eigenvalue weighted by Gasteiger charge is -2.34. The fourth-order valence-corrected chi connectivity index (χ4v) is 5.80. The Morgan fingerprint density at radius 1 is 0.920 bits per heavy atom. The zero-order valence-electron chi connectivity index (χ0n) is 35.1. The van der Waals surface area contributed by atoms with Gasteiger partial charge >= 0.3 is 5.97 Å². The van der Waals surface area contributed by atoms with Crippen LogP contribution in [-0.2, 0) is 15.0 Å². The van der Waals surface area contributed by atoms with E-state index >= 15 is 0 Å². The Balaban J connectivity index is 0.000000824. The number of hydrogen-bond donors (Lipinski definition) is 1. The van der Waals surface area contributed by atoms with Crippen LogP contribution in [0.2, 0.25) is 0 Å². The average Bonchev–Trinajstić information content (AvgIpc) is 3.49. The van der Waals surface area contributed by atoms with E-state index in [0.717, 1.165) is 42.2 Å². The first kappa shape index (κ1) is 47.5. The van der Waals surface area contributed by atoms with Gasteiger partial charge in [-0.1, -0.05) is 142 Å². The molecule has 2 aromatic heterocycles. The maximum Gasteiger partial charge on any atom is 0.310 e. The molecular weight excluding hydrogens is 622 g/mol. The Morgan fingerprint density at radius 3 is 1.80 bits per heavy atom. The second-order valence-corrected chi connectivity index (χ2v) is 17.6. The molecule has 4 rings (SSSR count). The van der Waals surface area contributed by atoms with E-state index in [1.165, 1.54) is 50.6 Å². The van der Waals surface area contributed by atoms with Gasteiger partial charge in [0.15, 0.2) is 11.3 Å². The molecule has 2 aromatic rings. The summed E-state index contributed by atoms with van der Waals surface area (Å²) in [6.07, 6.45) is 14.0. The predicted molar refractivity (Wildman–Crippen MR) is 212 cm³/mol. The molecule has 50 heavy (non-hydrogen) atoms. The number of unbranched alkanes of at least 4 members (excludes halogenated alkanes) is 1.